The molecule has 1 N–H and O–H groups in total. The highest BCUT2D eigenvalue weighted by atomic mass is 32.1. The molecule has 0 fully saturated rings. The van der Waals surface area contributed by atoms with Gasteiger partial charge >= 0.3 is 11.9 Å². The molecular weight excluding hydrogens is 350 g/mol. The molecule has 0 aliphatic heterocycles. The SMILES string of the molecule is CCOC(=O)CCCc1nc2cc(-c3ccc(C(=O)O)cc3)ccc2s1. The maximum absolute atomic E-state index is 11.4. The summed E-state index contributed by atoms with van der Waals surface area (Å²) in [6.07, 6.45) is 1.88. The minimum absolute atomic E-state index is 0.166. The van der Waals surface area contributed by atoms with Gasteiger partial charge in [0.25, 0.3) is 0 Å². The van der Waals surface area contributed by atoms with Gasteiger partial charge < -0.3 is 9.84 Å². The number of ether oxygens (including phenoxy) is 1. The summed E-state index contributed by atoms with van der Waals surface area (Å²) in [4.78, 5) is 27.0. The average molecular weight is 369 g/mol. The van der Waals surface area contributed by atoms with Crippen LogP contribution in [0.1, 0.15) is 35.1 Å². The molecule has 0 aliphatic carbocycles. The highest BCUT2D eigenvalue weighted by Gasteiger charge is 2.09. The van der Waals surface area contributed by atoms with Gasteiger partial charge in [-0.2, -0.15) is 0 Å². The molecule has 26 heavy (non-hydrogen) atoms. The van der Waals surface area contributed by atoms with E-state index in [1.807, 2.05) is 18.2 Å². The Balaban J connectivity index is 1.72. The van der Waals surface area contributed by atoms with E-state index in [4.69, 9.17) is 9.84 Å². The van der Waals surface area contributed by atoms with Gasteiger partial charge in [-0.25, -0.2) is 9.78 Å². The van der Waals surface area contributed by atoms with E-state index >= 15 is 0 Å². The molecule has 134 valence electrons. The molecular formula is C20H19NO4S. The summed E-state index contributed by atoms with van der Waals surface area (Å²) in [5, 5.41) is 9.99. The second-order valence-electron chi connectivity index (χ2n) is 5.83. The fourth-order valence-electron chi connectivity index (χ4n) is 2.68. The number of aromatic nitrogens is 1. The number of carbonyl (C=O) groups is 2. The summed E-state index contributed by atoms with van der Waals surface area (Å²) in [5.41, 5.74) is 3.14. The molecule has 0 saturated carbocycles. The zero-order valence-corrected chi connectivity index (χ0v) is 15.2. The van der Waals surface area contributed by atoms with Crippen molar-refractivity contribution in [2.24, 2.45) is 0 Å². The number of benzene rings is 2. The van der Waals surface area contributed by atoms with Gasteiger partial charge in [-0.15, -0.1) is 11.3 Å². The molecule has 6 heteroatoms. The normalized spacial score (nSPS) is 10.8. The van der Waals surface area contributed by atoms with E-state index in [1.165, 1.54) is 0 Å². The maximum Gasteiger partial charge on any atom is 0.335 e. The Morgan fingerprint density at radius 1 is 1.12 bits per heavy atom. The monoisotopic (exact) mass is 369 g/mol. The van der Waals surface area contributed by atoms with E-state index in [9.17, 15) is 9.59 Å². The van der Waals surface area contributed by atoms with Gasteiger partial charge in [0, 0.05) is 6.42 Å². The van der Waals surface area contributed by atoms with E-state index in [0.29, 0.717) is 13.0 Å². The van der Waals surface area contributed by atoms with Gasteiger partial charge in [-0.05, 0) is 55.2 Å². The molecule has 0 aliphatic rings. The van der Waals surface area contributed by atoms with Crippen LogP contribution in [-0.4, -0.2) is 28.6 Å². The van der Waals surface area contributed by atoms with Gasteiger partial charge in [0.05, 0.1) is 27.4 Å². The first-order valence-corrected chi connectivity index (χ1v) is 9.27. The fraction of sp³-hybridized carbons (Fsp3) is 0.250. The number of hydrogen-bond donors (Lipinski definition) is 1. The van der Waals surface area contributed by atoms with Crippen LogP contribution in [0.15, 0.2) is 42.5 Å². The molecule has 0 bridgehead atoms. The number of thiazole rings is 1. The number of aryl methyl sites for hydroxylation is 1. The first kappa shape index (κ1) is 18.1. The molecule has 1 heterocycles. The third-order valence-corrected chi connectivity index (χ3v) is 5.07. The topological polar surface area (TPSA) is 76.5 Å². The lowest BCUT2D eigenvalue weighted by atomic mass is 10.0. The minimum Gasteiger partial charge on any atom is -0.478 e. The maximum atomic E-state index is 11.4. The number of fused-ring (bicyclic) bond motifs is 1. The van der Waals surface area contributed by atoms with Crippen LogP contribution in [0.4, 0.5) is 0 Å². The fourth-order valence-corrected chi connectivity index (χ4v) is 3.67. The van der Waals surface area contributed by atoms with Crippen molar-refractivity contribution in [3.05, 3.63) is 53.0 Å². The highest BCUT2D eigenvalue weighted by Crippen LogP contribution is 2.28. The van der Waals surface area contributed by atoms with Crippen LogP contribution >= 0.6 is 11.3 Å². The van der Waals surface area contributed by atoms with Crippen LogP contribution in [0.2, 0.25) is 0 Å². The highest BCUT2D eigenvalue weighted by molar-refractivity contribution is 7.18. The van der Waals surface area contributed by atoms with Crippen molar-refractivity contribution in [1.82, 2.24) is 4.98 Å². The predicted octanol–water partition coefficient (Wildman–Crippen LogP) is 4.55. The number of aromatic carboxylic acids is 1. The van der Waals surface area contributed by atoms with Crippen molar-refractivity contribution >= 4 is 33.5 Å². The van der Waals surface area contributed by atoms with E-state index in [1.54, 1.807) is 42.5 Å². The molecule has 2 aromatic carbocycles. The molecule has 0 unspecified atom stereocenters. The number of carboxylic acids is 1. The minimum atomic E-state index is -0.932. The number of rotatable bonds is 7. The van der Waals surface area contributed by atoms with Crippen molar-refractivity contribution in [2.75, 3.05) is 6.61 Å². The molecule has 0 radical (unpaired) electrons. The zero-order valence-electron chi connectivity index (χ0n) is 14.4. The quantitative estimate of drug-likeness (QED) is 0.618. The molecule has 0 saturated heterocycles. The van der Waals surface area contributed by atoms with E-state index in [0.717, 1.165) is 39.2 Å². The number of nitrogens with zero attached hydrogens (tertiary/aromatic N) is 1. The third-order valence-electron chi connectivity index (χ3n) is 3.97. The second kappa shape index (κ2) is 8.10. The lowest BCUT2D eigenvalue weighted by Gasteiger charge is -2.02. The van der Waals surface area contributed by atoms with Crippen molar-refractivity contribution in [1.29, 1.82) is 0 Å². The van der Waals surface area contributed by atoms with Crippen LogP contribution in [0.25, 0.3) is 21.3 Å². The molecule has 0 amide bonds. The van der Waals surface area contributed by atoms with Crippen molar-refractivity contribution in [2.45, 2.75) is 26.2 Å². The number of esters is 1. The van der Waals surface area contributed by atoms with Crippen LogP contribution in [0, 0.1) is 0 Å². The zero-order chi connectivity index (χ0) is 18.5. The Hall–Kier alpha value is -2.73. The van der Waals surface area contributed by atoms with Crippen LogP contribution < -0.4 is 0 Å². The Bertz CT molecular complexity index is 931. The van der Waals surface area contributed by atoms with Crippen LogP contribution in [0.3, 0.4) is 0 Å². The molecule has 0 atom stereocenters. The standard InChI is InChI=1S/C20H19NO4S/c1-2-25-19(22)5-3-4-18-21-16-12-15(10-11-17(16)26-18)13-6-8-14(9-7-13)20(23)24/h6-12H,2-5H2,1H3,(H,23,24). The summed E-state index contributed by atoms with van der Waals surface area (Å²) >= 11 is 1.63. The van der Waals surface area contributed by atoms with Gasteiger partial charge in [-0.3, -0.25) is 4.79 Å². The predicted molar refractivity (Wildman–Crippen MR) is 102 cm³/mol. The van der Waals surface area contributed by atoms with Crippen LogP contribution in [0.5, 0.6) is 0 Å². The van der Waals surface area contributed by atoms with Gasteiger partial charge in [0.1, 0.15) is 0 Å². The first-order valence-electron chi connectivity index (χ1n) is 8.45. The van der Waals surface area contributed by atoms with Crippen molar-refractivity contribution in [3.63, 3.8) is 0 Å². The smallest absolute Gasteiger partial charge is 0.335 e. The molecule has 0 spiro atoms. The number of carbonyl (C=O) groups excluding carboxylic acids is 1. The Morgan fingerprint density at radius 3 is 2.54 bits per heavy atom. The number of carboxylic acid groups (broad SMARTS) is 1. The lowest BCUT2D eigenvalue weighted by Crippen LogP contribution is -2.03. The first-order chi connectivity index (χ1) is 12.6. The third kappa shape index (κ3) is 4.26. The van der Waals surface area contributed by atoms with Gasteiger partial charge in [-0.1, -0.05) is 18.2 Å². The van der Waals surface area contributed by atoms with E-state index in [2.05, 4.69) is 4.98 Å². The Morgan fingerprint density at radius 2 is 1.85 bits per heavy atom. The summed E-state index contributed by atoms with van der Waals surface area (Å²) in [7, 11) is 0. The van der Waals surface area contributed by atoms with Gasteiger partial charge in [0.2, 0.25) is 0 Å². The van der Waals surface area contributed by atoms with Crippen molar-refractivity contribution in [3.8, 4) is 11.1 Å². The van der Waals surface area contributed by atoms with Crippen LogP contribution in [-0.2, 0) is 16.0 Å². The second-order valence-corrected chi connectivity index (χ2v) is 6.95. The summed E-state index contributed by atoms with van der Waals surface area (Å²) in [5.74, 6) is -1.10. The molecule has 5 nitrogen and oxygen atoms in total. The lowest BCUT2D eigenvalue weighted by molar-refractivity contribution is -0.143. The molecule has 3 rings (SSSR count). The summed E-state index contributed by atoms with van der Waals surface area (Å²) < 4.78 is 6.03. The molecule has 1 aromatic heterocycles. The average Bonchev–Trinajstić information content (AvgIpc) is 3.04. The number of hydrogen-bond acceptors (Lipinski definition) is 5. The van der Waals surface area contributed by atoms with E-state index < -0.39 is 5.97 Å². The van der Waals surface area contributed by atoms with Crippen molar-refractivity contribution < 1.29 is 19.4 Å². The summed E-state index contributed by atoms with van der Waals surface area (Å²) in [6, 6.07) is 12.9. The Kier molecular flexibility index (Phi) is 5.63. The van der Waals surface area contributed by atoms with E-state index in [-0.39, 0.29) is 11.5 Å². The Labute approximate surface area is 155 Å². The molecule has 3 aromatic rings. The largest absolute Gasteiger partial charge is 0.478 e. The van der Waals surface area contributed by atoms with Gasteiger partial charge in [0.15, 0.2) is 0 Å². The summed E-state index contributed by atoms with van der Waals surface area (Å²) in [6.45, 7) is 2.22.